The Morgan fingerprint density at radius 3 is 2.47 bits per heavy atom. The monoisotopic (exact) mass is 399 g/mol. The van der Waals surface area contributed by atoms with E-state index < -0.39 is 11.9 Å². The Balaban J connectivity index is 1.32. The number of amides is 1. The molecule has 0 radical (unpaired) electrons. The number of pyridine rings is 1. The highest BCUT2D eigenvalue weighted by Crippen LogP contribution is 2.44. The van der Waals surface area contributed by atoms with Crippen molar-refractivity contribution in [2.24, 2.45) is 0 Å². The number of nitrogens with zero attached hydrogens (tertiary/aromatic N) is 2. The summed E-state index contributed by atoms with van der Waals surface area (Å²) in [5.74, 6) is -0.671. The Morgan fingerprint density at radius 2 is 1.83 bits per heavy atom. The molecule has 1 N–H and O–H groups in total. The first-order valence-electron chi connectivity index (χ1n) is 9.48. The van der Waals surface area contributed by atoms with E-state index >= 15 is 0 Å². The zero-order chi connectivity index (χ0) is 20.9. The van der Waals surface area contributed by atoms with Gasteiger partial charge in [0.15, 0.2) is 11.5 Å². The van der Waals surface area contributed by atoms with Gasteiger partial charge in [0.1, 0.15) is 12.7 Å². The van der Waals surface area contributed by atoms with Crippen LogP contribution in [0.4, 0.5) is 9.18 Å². The molecule has 0 bridgehead atoms. The molecule has 2 aromatic carbocycles. The Hall–Kier alpha value is -3.98. The lowest BCUT2D eigenvalue weighted by molar-refractivity contribution is 0.144. The lowest BCUT2D eigenvalue weighted by atomic mass is 9.98. The highest BCUT2D eigenvalue weighted by atomic mass is 19.1. The summed E-state index contributed by atoms with van der Waals surface area (Å²) in [4.78, 5) is 15.8. The Bertz CT molecular complexity index is 1120. The van der Waals surface area contributed by atoms with Gasteiger partial charge < -0.3 is 10.1 Å². The normalized spacial score (nSPS) is 12.3. The summed E-state index contributed by atoms with van der Waals surface area (Å²) in [6.45, 7) is 0.465. The standard InChI is InChI=1S/C24H18FN3O2/c25-22-12-16(14-28-23(22)13-26)6-5-11-27-24(29)30-15-21-19-9-3-1-7-17(19)18-8-2-4-10-20(18)21/h1-10,12,14,21H,11,15H2,(H,27,29). The third-order valence-electron chi connectivity index (χ3n) is 4.99. The molecule has 5 nitrogen and oxygen atoms in total. The summed E-state index contributed by atoms with van der Waals surface area (Å²) in [6.07, 6.45) is 4.14. The van der Waals surface area contributed by atoms with Crippen molar-refractivity contribution in [2.45, 2.75) is 5.92 Å². The number of hydrogen-bond donors (Lipinski definition) is 1. The summed E-state index contributed by atoms with van der Waals surface area (Å²) in [7, 11) is 0. The van der Waals surface area contributed by atoms with Crippen molar-refractivity contribution in [2.75, 3.05) is 13.2 Å². The van der Waals surface area contributed by atoms with E-state index in [1.807, 2.05) is 24.3 Å². The molecule has 4 rings (SSSR count). The number of nitrogens with one attached hydrogen (secondary N) is 1. The molecule has 30 heavy (non-hydrogen) atoms. The lowest BCUT2D eigenvalue weighted by Crippen LogP contribution is -2.26. The Morgan fingerprint density at radius 1 is 1.17 bits per heavy atom. The molecule has 1 amide bonds. The van der Waals surface area contributed by atoms with Crippen molar-refractivity contribution in [3.63, 3.8) is 0 Å². The molecule has 1 aliphatic rings. The average Bonchev–Trinajstić information content (AvgIpc) is 3.09. The van der Waals surface area contributed by atoms with Gasteiger partial charge in [0.05, 0.1) is 0 Å². The van der Waals surface area contributed by atoms with Gasteiger partial charge in [-0.1, -0.05) is 60.7 Å². The van der Waals surface area contributed by atoms with E-state index in [0.29, 0.717) is 5.56 Å². The SMILES string of the molecule is N#Cc1ncc(C=CCNC(=O)OCC2c3ccccc3-c3ccccc32)cc1F. The van der Waals surface area contributed by atoms with E-state index in [4.69, 9.17) is 10.00 Å². The predicted octanol–water partition coefficient (Wildman–Crippen LogP) is 4.64. The van der Waals surface area contributed by atoms with Crippen molar-refractivity contribution < 1.29 is 13.9 Å². The summed E-state index contributed by atoms with van der Waals surface area (Å²) in [6, 6.07) is 19.2. The molecule has 6 heteroatoms. The first-order chi connectivity index (χ1) is 14.7. The van der Waals surface area contributed by atoms with Crippen LogP contribution in [0.2, 0.25) is 0 Å². The minimum atomic E-state index is -0.677. The predicted molar refractivity (Wildman–Crippen MR) is 111 cm³/mol. The number of carbonyl (C=O) groups excluding carboxylic acids is 1. The van der Waals surface area contributed by atoms with Gasteiger partial charge in [-0.2, -0.15) is 5.26 Å². The highest BCUT2D eigenvalue weighted by molar-refractivity contribution is 5.79. The maximum absolute atomic E-state index is 13.5. The zero-order valence-electron chi connectivity index (χ0n) is 16.0. The van der Waals surface area contributed by atoms with Gasteiger partial charge in [-0.05, 0) is 33.9 Å². The molecule has 0 aliphatic heterocycles. The van der Waals surface area contributed by atoms with Crippen LogP contribution >= 0.6 is 0 Å². The van der Waals surface area contributed by atoms with Crippen LogP contribution in [-0.4, -0.2) is 24.2 Å². The van der Waals surface area contributed by atoms with Crippen LogP contribution in [0.5, 0.6) is 0 Å². The van der Waals surface area contributed by atoms with E-state index in [0.717, 1.165) is 11.1 Å². The number of hydrogen-bond acceptors (Lipinski definition) is 4. The van der Waals surface area contributed by atoms with Gasteiger partial charge >= 0.3 is 6.09 Å². The summed E-state index contributed by atoms with van der Waals surface area (Å²) in [5, 5.41) is 11.3. The quantitative estimate of drug-likeness (QED) is 0.678. The molecule has 0 spiro atoms. The molecular formula is C24H18FN3O2. The van der Waals surface area contributed by atoms with Gasteiger partial charge in [-0.3, -0.25) is 0 Å². The molecular weight excluding hydrogens is 381 g/mol. The van der Waals surface area contributed by atoms with E-state index in [2.05, 4.69) is 34.6 Å². The second-order valence-electron chi connectivity index (χ2n) is 6.82. The smallest absolute Gasteiger partial charge is 0.407 e. The highest BCUT2D eigenvalue weighted by Gasteiger charge is 2.28. The topological polar surface area (TPSA) is 75.0 Å². The number of ether oxygens (including phenoxy) is 1. The molecule has 3 aromatic rings. The number of fused-ring (bicyclic) bond motifs is 3. The van der Waals surface area contributed by atoms with Crippen molar-refractivity contribution in [1.29, 1.82) is 5.26 Å². The molecule has 0 fully saturated rings. The maximum Gasteiger partial charge on any atom is 0.407 e. The van der Waals surface area contributed by atoms with Crippen LogP contribution in [0, 0.1) is 17.1 Å². The fourth-order valence-corrected chi connectivity index (χ4v) is 3.61. The molecule has 0 atom stereocenters. The van der Waals surface area contributed by atoms with E-state index in [1.54, 1.807) is 18.2 Å². The zero-order valence-corrected chi connectivity index (χ0v) is 16.0. The number of halogens is 1. The average molecular weight is 399 g/mol. The van der Waals surface area contributed by atoms with E-state index in [1.165, 1.54) is 23.4 Å². The summed E-state index contributed by atoms with van der Waals surface area (Å²) < 4.78 is 19.0. The van der Waals surface area contributed by atoms with Gasteiger partial charge in [-0.15, -0.1) is 0 Å². The van der Waals surface area contributed by atoms with Crippen LogP contribution in [0.25, 0.3) is 17.2 Å². The van der Waals surface area contributed by atoms with E-state index in [-0.39, 0.29) is 24.8 Å². The second kappa shape index (κ2) is 8.58. The lowest BCUT2D eigenvalue weighted by Gasteiger charge is -2.14. The number of aromatic nitrogens is 1. The molecule has 1 aromatic heterocycles. The van der Waals surface area contributed by atoms with Crippen LogP contribution in [-0.2, 0) is 4.74 Å². The number of carbonyl (C=O) groups is 1. The first-order valence-corrected chi connectivity index (χ1v) is 9.48. The molecule has 0 saturated heterocycles. The van der Waals surface area contributed by atoms with Crippen LogP contribution in [0.3, 0.4) is 0 Å². The fraction of sp³-hybridized carbons (Fsp3) is 0.125. The molecule has 1 aliphatic carbocycles. The van der Waals surface area contributed by atoms with E-state index in [9.17, 15) is 9.18 Å². The maximum atomic E-state index is 13.5. The Labute approximate surface area is 173 Å². The van der Waals surface area contributed by atoms with Gasteiger partial charge in [0.2, 0.25) is 0 Å². The largest absolute Gasteiger partial charge is 0.449 e. The third kappa shape index (κ3) is 3.91. The molecule has 0 saturated carbocycles. The minimum Gasteiger partial charge on any atom is -0.449 e. The molecule has 0 unspecified atom stereocenters. The number of nitriles is 1. The molecule has 148 valence electrons. The van der Waals surface area contributed by atoms with Gasteiger partial charge in [-0.25, -0.2) is 14.2 Å². The third-order valence-corrected chi connectivity index (χ3v) is 4.99. The summed E-state index contributed by atoms with van der Waals surface area (Å²) >= 11 is 0. The number of rotatable bonds is 5. The van der Waals surface area contributed by atoms with Gasteiger partial charge in [0, 0.05) is 18.7 Å². The summed E-state index contributed by atoms with van der Waals surface area (Å²) in [5.41, 5.74) is 4.91. The minimum absolute atomic E-state index is 0.00592. The first kappa shape index (κ1) is 19.3. The van der Waals surface area contributed by atoms with Crippen molar-refractivity contribution in [1.82, 2.24) is 10.3 Å². The fourth-order valence-electron chi connectivity index (χ4n) is 3.61. The Kier molecular flexibility index (Phi) is 5.53. The number of alkyl carbamates (subject to hydrolysis) is 1. The van der Waals surface area contributed by atoms with Gasteiger partial charge in [0.25, 0.3) is 0 Å². The van der Waals surface area contributed by atoms with Crippen molar-refractivity contribution in [3.05, 3.63) is 95.1 Å². The molecule has 1 heterocycles. The van der Waals surface area contributed by atoms with Crippen LogP contribution in [0.1, 0.15) is 28.3 Å². The van der Waals surface area contributed by atoms with Crippen LogP contribution in [0.15, 0.2) is 66.9 Å². The second-order valence-corrected chi connectivity index (χ2v) is 6.82. The van der Waals surface area contributed by atoms with Crippen molar-refractivity contribution >= 4 is 12.2 Å². The number of benzene rings is 2. The van der Waals surface area contributed by atoms with Crippen molar-refractivity contribution in [3.8, 4) is 17.2 Å². The van der Waals surface area contributed by atoms with Crippen LogP contribution < -0.4 is 5.32 Å².